The zero-order chi connectivity index (χ0) is 15.9. The molecule has 20 heavy (non-hydrogen) atoms. The van der Waals surface area contributed by atoms with E-state index in [1.807, 2.05) is 20.8 Å². The number of likely N-dealkylation sites (N-methyl/N-ethyl adjacent to an activating group) is 1. The zero-order valence-corrected chi connectivity index (χ0v) is 13.0. The first-order chi connectivity index (χ1) is 9.26. The highest BCUT2D eigenvalue weighted by molar-refractivity contribution is 6.03. The molecule has 7 nitrogen and oxygen atoms in total. The summed E-state index contributed by atoms with van der Waals surface area (Å²) in [5, 5.41) is 11.7. The van der Waals surface area contributed by atoms with Crippen molar-refractivity contribution in [3.05, 3.63) is 0 Å². The monoisotopic (exact) mass is 286 g/mol. The number of hydrogen-bond donors (Lipinski definition) is 2. The molecule has 2 amide bonds. The first-order valence-corrected chi connectivity index (χ1v) is 6.72. The smallest absolute Gasteiger partial charge is 0.241 e. The molecule has 0 saturated heterocycles. The molecule has 1 atom stereocenters. The number of carbonyl (C=O) groups is 2. The maximum atomic E-state index is 12.5. The largest absolute Gasteiger partial charge is 0.409 e. The highest BCUT2D eigenvalue weighted by atomic mass is 16.4. The SMILES string of the molecule is CCCN(CC(=O)N(C)C)C(=O)C(C(N)=NO)C(C)C. The molecule has 0 bridgehead atoms. The molecule has 0 radical (unpaired) electrons. The van der Waals surface area contributed by atoms with Gasteiger partial charge in [0.2, 0.25) is 11.8 Å². The second-order valence-corrected chi connectivity index (χ2v) is 5.29. The Morgan fingerprint density at radius 1 is 1.30 bits per heavy atom. The van der Waals surface area contributed by atoms with Crippen molar-refractivity contribution in [1.82, 2.24) is 9.80 Å². The molecule has 0 aliphatic rings. The van der Waals surface area contributed by atoms with Crippen molar-refractivity contribution in [3.8, 4) is 0 Å². The van der Waals surface area contributed by atoms with E-state index in [1.165, 1.54) is 9.80 Å². The van der Waals surface area contributed by atoms with Gasteiger partial charge in [0.1, 0.15) is 5.92 Å². The Morgan fingerprint density at radius 3 is 2.20 bits per heavy atom. The van der Waals surface area contributed by atoms with Crippen LogP contribution in [0.3, 0.4) is 0 Å². The van der Waals surface area contributed by atoms with Crippen LogP contribution in [0, 0.1) is 11.8 Å². The van der Waals surface area contributed by atoms with E-state index in [2.05, 4.69) is 5.16 Å². The molecule has 0 heterocycles. The van der Waals surface area contributed by atoms with Crippen LogP contribution in [0.5, 0.6) is 0 Å². The van der Waals surface area contributed by atoms with Gasteiger partial charge in [0.05, 0.1) is 6.54 Å². The minimum absolute atomic E-state index is 0.00159. The maximum absolute atomic E-state index is 12.5. The van der Waals surface area contributed by atoms with Crippen molar-refractivity contribution in [2.75, 3.05) is 27.2 Å². The van der Waals surface area contributed by atoms with Crippen molar-refractivity contribution in [2.45, 2.75) is 27.2 Å². The molecule has 0 fully saturated rings. The van der Waals surface area contributed by atoms with E-state index in [1.54, 1.807) is 14.1 Å². The van der Waals surface area contributed by atoms with Crippen LogP contribution in [-0.4, -0.2) is 59.8 Å². The first-order valence-electron chi connectivity index (χ1n) is 6.72. The van der Waals surface area contributed by atoms with E-state index in [0.717, 1.165) is 6.42 Å². The van der Waals surface area contributed by atoms with E-state index >= 15 is 0 Å². The summed E-state index contributed by atoms with van der Waals surface area (Å²) in [4.78, 5) is 27.2. The van der Waals surface area contributed by atoms with Gasteiger partial charge >= 0.3 is 0 Å². The van der Waals surface area contributed by atoms with Gasteiger partial charge in [-0.3, -0.25) is 9.59 Å². The van der Waals surface area contributed by atoms with Gasteiger partial charge in [-0.15, -0.1) is 0 Å². The molecule has 0 aromatic carbocycles. The molecule has 0 aliphatic carbocycles. The van der Waals surface area contributed by atoms with E-state index < -0.39 is 5.92 Å². The van der Waals surface area contributed by atoms with Crippen LogP contribution >= 0.6 is 0 Å². The fraction of sp³-hybridized carbons (Fsp3) is 0.769. The lowest BCUT2D eigenvalue weighted by Crippen LogP contribution is -2.48. The molecular formula is C13H26N4O3. The molecule has 0 saturated carbocycles. The predicted octanol–water partition coefficient (Wildman–Crippen LogP) is 0.332. The Kier molecular flexibility index (Phi) is 7.64. The molecule has 0 aromatic heterocycles. The Bertz CT molecular complexity index is 367. The van der Waals surface area contributed by atoms with Crippen molar-refractivity contribution in [3.63, 3.8) is 0 Å². The molecule has 7 heteroatoms. The van der Waals surface area contributed by atoms with E-state index in [-0.39, 0.29) is 30.1 Å². The van der Waals surface area contributed by atoms with Crippen LogP contribution in [0.2, 0.25) is 0 Å². The highest BCUT2D eigenvalue weighted by Crippen LogP contribution is 2.15. The molecule has 0 aliphatic heterocycles. The maximum Gasteiger partial charge on any atom is 0.241 e. The molecule has 3 N–H and O–H groups in total. The van der Waals surface area contributed by atoms with Crippen LogP contribution in [0.15, 0.2) is 5.16 Å². The topological polar surface area (TPSA) is 99.2 Å². The van der Waals surface area contributed by atoms with Crippen LogP contribution < -0.4 is 5.73 Å². The van der Waals surface area contributed by atoms with Crippen molar-refractivity contribution >= 4 is 17.6 Å². The number of hydrogen-bond acceptors (Lipinski definition) is 4. The average Bonchev–Trinajstić information content (AvgIpc) is 2.37. The van der Waals surface area contributed by atoms with Crippen molar-refractivity contribution in [2.24, 2.45) is 22.7 Å². The summed E-state index contributed by atoms with van der Waals surface area (Å²) in [6.07, 6.45) is 0.730. The number of nitrogens with zero attached hydrogens (tertiary/aromatic N) is 3. The van der Waals surface area contributed by atoms with Crippen LogP contribution in [0.4, 0.5) is 0 Å². The second kappa shape index (κ2) is 8.39. The zero-order valence-electron chi connectivity index (χ0n) is 13.0. The van der Waals surface area contributed by atoms with Gasteiger partial charge in [0.25, 0.3) is 0 Å². The van der Waals surface area contributed by atoms with E-state index in [9.17, 15) is 9.59 Å². The Morgan fingerprint density at radius 2 is 1.85 bits per heavy atom. The number of oxime groups is 1. The lowest BCUT2D eigenvalue weighted by atomic mass is 9.93. The fourth-order valence-corrected chi connectivity index (χ4v) is 1.85. The van der Waals surface area contributed by atoms with Gasteiger partial charge in [-0.1, -0.05) is 25.9 Å². The van der Waals surface area contributed by atoms with E-state index in [4.69, 9.17) is 10.9 Å². The molecule has 0 spiro atoms. The third-order valence-electron chi connectivity index (χ3n) is 3.00. The first kappa shape index (κ1) is 18.2. The van der Waals surface area contributed by atoms with Crippen molar-refractivity contribution < 1.29 is 14.8 Å². The highest BCUT2D eigenvalue weighted by Gasteiger charge is 2.31. The quantitative estimate of drug-likeness (QED) is 0.305. The van der Waals surface area contributed by atoms with E-state index in [0.29, 0.717) is 6.54 Å². The third-order valence-corrected chi connectivity index (χ3v) is 3.00. The second-order valence-electron chi connectivity index (χ2n) is 5.29. The average molecular weight is 286 g/mol. The van der Waals surface area contributed by atoms with Gasteiger partial charge in [-0.2, -0.15) is 0 Å². The predicted molar refractivity (Wildman–Crippen MR) is 77.3 cm³/mol. The summed E-state index contributed by atoms with van der Waals surface area (Å²) in [5.74, 6) is -1.40. The van der Waals surface area contributed by atoms with Gasteiger partial charge in [0.15, 0.2) is 5.84 Å². The normalized spacial score (nSPS) is 13.2. The van der Waals surface area contributed by atoms with Gasteiger partial charge in [-0.05, 0) is 12.3 Å². The minimum atomic E-state index is -0.721. The van der Waals surface area contributed by atoms with Crippen LogP contribution in [0.25, 0.3) is 0 Å². The number of nitrogens with two attached hydrogens (primary N) is 1. The fourth-order valence-electron chi connectivity index (χ4n) is 1.85. The molecule has 1 unspecified atom stereocenters. The third kappa shape index (κ3) is 5.07. The number of carbonyl (C=O) groups excluding carboxylic acids is 2. The number of amidine groups is 1. The molecule has 0 aromatic rings. The van der Waals surface area contributed by atoms with Crippen molar-refractivity contribution in [1.29, 1.82) is 0 Å². The standard InChI is InChI=1S/C13H26N4O3/c1-6-7-17(8-10(18)16(4)5)13(19)11(9(2)3)12(14)15-20/h9,11,20H,6-8H2,1-5H3,(H2,14,15). The Balaban J connectivity index is 5.15. The lowest BCUT2D eigenvalue weighted by Gasteiger charge is -2.28. The summed E-state index contributed by atoms with van der Waals surface area (Å²) >= 11 is 0. The number of rotatable bonds is 7. The molecule has 0 rings (SSSR count). The van der Waals surface area contributed by atoms with Gasteiger partial charge in [0, 0.05) is 20.6 Å². The summed E-state index contributed by atoms with van der Waals surface area (Å²) in [6.45, 7) is 6.02. The van der Waals surface area contributed by atoms with Crippen LogP contribution in [0.1, 0.15) is 27.2 Å². The number of amides is 2. The molecular weight excluding hydrogens is 260 g/mol. The summed E-state index contributed by atoms with van der Waals surface area (Å²) in [5.41, 5.74) is 5.60. The van der Waals surface area contributed by atoms with Gasteiger partial charge in [-0.25, -0.2) is 0 Å². The Hall–Kier alpha value is -1.79. The summed E-state index contributed by atoms with van der Waals surface area (Å²) in [7, 11) is 3.28. The Labute approximate surface area is 120 Å². The van der Waals surface area contributed by atoms with Crippen LogP contribution in [-0.2, 0) is 9.59 Å². The summed E-state index contributed by atoms with van der Waals surface area (Å²) < 4.78 is 0. The minimum Gasteiger partial charge on any atom is -0.409 e. The molecule has 116 valence electrons. The lowest BCUT2D eigenvalue weighted by molar-refractivity contribution is -0.141. The summed E-state index contributed by atoms with van der Waals surface area (Å²) in [6, 6.07) is 0. The van der Waals surface area contributed by atoms with Gasteiger partial charge < -0.3 is 20.7 Å².